The molecule has 6 atom stereocenters. The van der Waals surface area contributed by atoms with E-state index in [0.29, 0.717) is 32.1 Å². The van der Waals surface area contributed by atoms with E-state index in [1.165, 1.54) is 38.5 Å². The minimum atomic E-state index is -4.45. The number of unbranched alkanes of at least 4 members (excludes halogenated alkanes) is 14. The molecule has 5 N–H and O–H groups in total. The fourth-order valence-corrected chi connectivity index (χ4v) is 7.32. The van der Waals surface area contributed by atoms with Gasteiger partial charge in [-0.25, -0.2) is 4.57 Å². The number of carbonyl (C=O) groups excluding carboxylic acids is 3. The molecule has 1 rings (SSSR count). The van der Waals surface area contributed by atoms with E-state index in [1.807, 2.05) is 12.2 Å². The summed E-state index contributed by atoms with van der Waals surface area (Å²) in [6, 6.07) is 0. The largest absolute Gasteiger partial charge is 0.472 e. The molecule has 0 radical (unpaired) electrons. The number of allylic oxidation sites excluding steroid dienone is 4. The third kappa shape index (κ3) is 27.5. The monoisotopic (exact) mass is 814 g/mol. The van der Waals surface area contributed by atoms with Crippen molar-refractivity contribution in [3.63, 3.8) is 0 Å². The Bertz CT molecular complexity index is 1180. The van der Waals surface area contributed by atoms with Crippen LogP contribution in [0.4, 0.5) is 0 Å². The van der Waals surface area contributed by atoms with Crippen LogP contribution in [0.5, 0.6) is 0 Å². The number of nitrogens with two attached hydrogens (primary N) is 1. The molecule has 0 amide bonds. The van der Waals surface area contributed by atoms with Crippen LogP contribution in [0.25, 0.3) is 0 Å². The molecule has 0 aromatic carbocycles. The number of Topliss-reactive ketones (excluding diaryl/α,β-unsaturated/α-hetero) is 1. The highest BCUT2D eigenvalue weighted by Crippen LogP contribution is 2.43. The van der Waals surface area contributed by atoms with Crippen LogP contribution in [0.15, 0.2) is 36.5 Å². The molecule has 0 aromatic heterocycles. The molecule has 12 nitrogen and oxygen atoms in total. The van der Waals surface area contributed by atoms with Crippen LogP contribution in [0.1, 0.15) is 162 Å². The molecule has 324 valence electrons. The first kappa shape index (κ1) is 51.8. The van der Waals surface area contributed by atoms with Crippen molar-refractivity contribution in [2.24, 2.45) is 17.6 Å². The van der Waals surface area contributed by atoms with E-state index < -0.39 is 44.7 Å². The Balaban J connectivity index is 2.43. The van der Waals surface area contributed by atoms with Gasteiger partial charge in [0, 0.05) is 37.6 Å². The van der Waals surface area contributed by atoms with Crippen LogP contribution in [0.2, 0.25) is 0 Å². The van der Waals surface area contributed by atoms with Crippen molar-refractivity contribution in [1.82, 2.24) is 0 Å². The summed E-state index contributed by atoms with van der Waals surface area (Å²) in [7, 11) is -4.45. The topological polar surface area (TPSA) is 192 Å². The van der Waals surface area contributed by atoms with Gasteiger partial charge in [0.2, 0.25) is 0 Å². The molecular weight excluding hydrogens is 737 g/mol. The number of rotatable bonds is 36. The van der Waals surface area contributed by atoms with E-state index in [9.17, 15) is 34.1 Å². The molecule has 1 saturated carbocycles. The minimum Gasteiger partial charge on any atom is -0.462 e. The minimum absolute atomic E-state index is 0.00855. The molecular formula is C43H76NO11P. The number of phosphoric acid groups is 1. The molecule has 0 bridgehead atoms. The highest BCUT2D eigenvalue weighted by atomic mass is 31.2. The van der Waals surface area contributed by atoms with E-state index in [1.54, 1.807) is 12.2 Å². The number of hydrogen-bond donors (Lipinski definition) is 4. The van der Waals surface area contributed by atoms with E-state index in [2.05, 4.69) is 26.0 Å². The van der Waals surface area contributed by atoms with Gasteiger partial charge < -0.3 is 30.3 Å². The first-order chi connectivity index (χ1) is 27.0. The molecule has 1 unspecified atom stereocenters. The average molecular weight is 814 g/mol. The molecule has 0 aromatic rings. The van der Waals surface area contributed by atoms with Gasteiger partial charge >= 0.3 is 19.8 Å². The molecule has 1 aliphatic rings. The lowest BCUT2D eigenvalue weighted by Gasteiger charge is -2.19. The Hall–Kier alpha value is -2.18. The number of carbonyl (C=O) groups is 3. The van der Waals surface area contributed by atoms with E-state index in [4.69, 9.17) is 24.3 Å². The third-order valence-electron chi connectivity index (χ3n) is 9.87. The standard InChI is InChI=1S/C43H76NO11P/c1-3-5-7-8-9-10-11-12-13-14-15-16-17-18-23-27-42(48)52-34-37(35-54-56(50,51)53-32-31-44)55-43(49)28-24-20-19-22-26-38-39(41(47)33-40(38)46)30-29-36(45)25-21-6-4-2/h12-13,19,22,29-30,36-39,41,45,47H,3-11,14-18,20-21,23-28,31-35,44H2,1-2H3,(H,50,51)/b13-12-,22-19-,30-29+/t36-,37+,38+,39+,41+/m0/s1. The third-order valence-corrected chi connectivity index (χ3v) is 10.9. The summed E-state index contributed by atoms with van der Waals surface area (Å²) in [4.78, 5) is 47.6. The zero-order chi connectivity index (χ0) is 41.3. The Morgan fingerprint density at radius 3 is 2.07 bits per heavy atom. The van der Waals surface area contributed by atoms with Gasteiger partial charge in [-0.15, -0.1) is 0 Å². The molecule has 1 fully saturated rings. The van der Waals surface area contributed by atoms with Crippen LogP contribution in [0.3, 0.4) is 0 Å². The van der Waals surface area contributed by atoms with Gasteiger partial charge in [-0.1, -0.05) is 121 Å². The summed E-state index contributed by atoms with van der Waals surface area (Å²) < 4.78 is 32.7. The Labute approximate surface area is 337 Å². The SMILES string of the molecule is CCCCCCCC/C=C\CCCCCCCC(=O)OC[C@H](COP(=O)(O)OCCN)OC(=O)CCC/C=C\C[C@H]1C(=O)C[C@@H](O)[C@@H]1/C=C/[C@@H](O)CCCCC. The van der Waals surface area contributed by atoms with Crippen LogP contribution >= 0.6 is 7.82 Å². The Kier molecular flexibility index (Phi) is 31.2. The van der Waals surface area contributed by atoms with Gasteiger partial charge in [0.1, 0.15) is 12.4 Å². The lowest BCUT2D eigenvalue weighted by Crippen LogP contribution is -2.29. The average Bonchev–Trinajstić information content (AvgIpc) is 3.44. The highest BCUT2D eigenvalue weighted by molar-refractivity contribution is 7.47. The first-order valence-corrected chi connectivity index (χ1v) is 23.1. The van der Waals surface area contributed by atoms with E-state index in [-0.39, 0.29) is 56.6 Å². The zero-order valence-corrected chi connectivity index (χ0v) is 35.5. The van der Waals surface area contributed by atoms with Gasteiger partial charge in [0.05, 0.1) is 25.4 Å². The first-order valence-electron chi connectivity index (χ1n) is 21.6. The second-order valence-corrected chi connectivity index (χ2v) is 16.4. The lowest BCUT2D eigenvalue weighted by atomic mass is 9.90. The fourth-order valence-electron chi connectivity index (χ4n) is 6.55. The van der Waals surface area contributed by atoms with E-state index in [0.717, 1.165) is 57.8 Å². The molecule has 1 aliphatic carbocycles. The summed E-state index contributed by atoms with van der Waals surface area (Å²) in [5, 5.41) is 20.7. The molecule has 0 heterocycles. The van der Waals surface area contributed by atoms with Crippen molar-refractivity contribution in [3.8, 4) is 0 Å². The highest BCUT2D eigenvalue weighted by Gasteiger charge is 2.39. The summed E-state index contributed by atoms with van der Waals surface area (Å²) in [6.45, 7) is 3.29. The second kappa shape index (κ2) is 33.8. The van der Waals surface area contributed by atoms with Gasteiger partial charge in [-0.2, -0.15) is 0 Å². The van der Waals surface area contributed by atoms with Crippen molar-refractivity contribution in [3.05, 3.63) is 36.5 Å². The smallest absolute Gasteiger partial charge is 0.462 e. The summed E-state index contributed by atoms with van der Waals surface area (Å²) in [5.41, 5.74) is 5.34. The van der Waals surface area contributed by atoms with Crippen LogP contribution in [0, 0.1) is 11.8 Å². The van der Waals surface area contributed by atoms with Crippen molar-refractivity contribution >= 4 is 25.5 Å². The second-order valence-electron chi connectivity index (χ2n) is 15.0. The summed E-state index contributed by atoms with van der Waals surface area (Å²) >= 11 is 0. The number of ketones is 1. The number of ether oxygens (including phenoxy) is 2. The maximum Gasteiger partial charge on any atom is 0.472 e. The lowest BCUT2D eigenvalue weighted by molar-refractivity contribution is -0.161. The van der Waals surface area contributed by atoms with Crippen molar-refractivity contribution in [2.45, 2.75) is 180 Å². The zero-order valence-electron chi connectivity index (χ0n) is 34.6. The Morgan fingerprint density at radius 1 is 0.804 bits per heavy atom. The van der Waals surface area contributed by atoms with Crippen LogP contribution < -0.4 is 5.73 Å². The molecule has 13 heteroatoms. The summed E-state index contributed by atoms with van der Waals surface area (Å²) in [6.07, 6.45) is 29.7. The number of phosphoric ester groups is 1. The predicted octanol–water partition coefficient (Wildman–Crippen LogP) is 8.75. The maximum atomic E-state index is 12.7. The van der Waals surface area contributed by atoms with E-state index >= 15 is 0 Å². The predicted molar refractivity (Wildman–Crippen MR) is 221 cm³/mol. The quantitative estimate of drug-likeness (QED) is 0.0204. The molecule has 0 spiro atoms. The number of hydrogen-bond acceptors (Lipinski definition) is 11. The molecule has 56 heavy (non-hydrogen) atoms. The molecule has 0 saturated heterocycles. The number of aliphatic hydroxyl groups is 2. The van der Waals surface area contributed by atoms with Gasteiger partial charge in [-0.3, -0.25) is 23.4 Å². The number of esters is 2. The number of aliphatic hydroxyl groups excluding tert-OH is 2. The summed E-state index contributed by atoms with van der Waals surface area (Å²) in [5.74, 6) is -1.78. The van der Waals surface area contributed by atoms with Crippen LogP contribution in [-0.4, -0.2) is 77.5 Å². The van der Waals surface area contributed by atoms with Gasteiger partial charge in [0.15, 0.2) is 6.10 Å². The van der Waals surface area contributed by atoms with Crippen molar-refractivity contribution in [1.29, 1.82) is 0 Å². The normalized spacial score (nSPS) is 19.6. The van der Waals surface area contributed by atoms with Crippen molar-refractivity contribution < 1.29 is 52.6 Å². The Morgan fingerprint density at radius 2 is 1.39 bits per heavy atom. The maximum absolute atomic E-state index is 12.7. The van der Waals surface area contributed by atoms with Crippen molar-refractivity contribution in [2.75, 3.05) is 26.4 Å². The molecule has 0 aliphatic heterocycles. The van der Waals surface area contributed by atoms with Gasteiger partial charge in [-0.05, 0) is 57.8 Å². The fraction of sp³-hybridized carbons (Fsp3) is 0.791. The van der Waals surface area contributed by atoms with Gasteiger partial charge in [0.25, 0.3) is 0 Å². The van der Waals surface area contributed by atoms with Crippen LogP contribution in [-0.2, 0) is 37.5 Å².